The standard InChI is InChI=1S/C18H28N2O6S/c1-4-25-15(22)8-9-18(19,17(24)26-5-2)20-16(23)14-11-12(3)13(27-14)7-6-10-21/h11,21H,4-10,19H2,1-3H3,(H,20,23)/t18-/m1/s1. The van der Waals surface area contributed by atoms with E-state index in [1.54, 1.807) is 19.9 Å². The molecule has 0 aliphatic carbocycles. The highest BCUT2D eigenvalue weighted by Gasteiger charge is 2.38. The number of thiophene rings is 1. The largest absolute Gasteiger partial charge is 0.466 e. The second-order valence-electron chi connectivity index (χ2n) is 5.99. The fraction of sp³-hybridized carbons (Fsp3) is 0.611. The Morgan fingerprint density at radius 1 is 1.26 bits per heavy atom. The maximum atomic E-state index is 12.6. The molecule has 1 rings (SSSR count). The summed E-state index contributed by atoms with van der Waals surface area (Å²) in [4.78, 5) is 37.9. The van der Waals surface area contributed by atoms with E-state index in [9.17, 15) is 14.4 Å². The molecule has 0 aliphatic heterocycles. The predicted molar refractivity (Wildman–Crippen MR) is 101 cm³/mol. The van der Waals surface area contributed by atoms with Gasteiger partial charge < -0.3 is 19.9 Å². The van der Waals surface area contributed by atoms with Crippen molar-refractivity contribution in [2.75, 3.05) is 19.8 Å². The number of hydrogen-bond acceptors (Lipinski definition) is 8. The van der Waals surface area contributed by atoms with Gasteiger partial charge in [0.25, 0.3) is 5.91 Å². The van der Waals surface area contributed by atoms with Crippen LogP contribution in [0.15, 0.2) is 6.07 Å². The maximum absolute atomic E-state index is 12.6. The van der Waals surface area contributed by atoms with Crippen molar-refractivity contribution in [3.8, 4) is 0 Å². The Labute approximate surface area is 163 Å². The highest BCUT2D eigenvalue weighted by Crippen LogP contribution is 2.24. The third-order valence-electron chi connectivity index (χ3n) is 3.81. The predicted octanol–water partition coefficient (Wildman–Crippen LogP) is 1.27. The Morgan fingerprint density at radius 2 is 1.93 bits per heavy atom. The number of aliphatic hydroxyl groups excluding tert-OH is 1. The third kappa shape index (κ3) is 6.93. The smallest absolute Gasteiger partial charge is 0.346 e. The van der Waals surface area contributed by atoms with E-state index < -0.39 is 23.5 Å². The van der Waals surface area contributed by atoms with E-state index in [0.717, 1.165) is 10.4 Å². The first-order valence-electron chi connectivity index (χ1n) is 8.91. The Kier molecular flexibility index (Phi) is 9.40. The number of esters is 2. The number of hydrogen-bond donors (Lipinski definition) is 3. The molecule has 0 spiro atoms. The number of nitrogens with one attached hydrogen (secondary N) is 1. The zero-order chi connectivity index (χ0) is 20.4. The van der Waals surface area contributed by atoms with Crippen LogP contribution in [0.1, 0.15) is 53.2 Å². The minimum Gasteiger partial charge on any atom is -0.466 e. The molecule has 1 amide bonds. The lowest BCUT2D eigenvalue weighted by Gasteiger charge is -2.27. The molecule has 0 aromatic carbocycles. The summed E-state index contributed by atoms with van der Waals surface area (Å²) in [5.41, 5.74) is 5.20. The van der Waals surface area contributed by atoms with Gasteiger partial charge in [0, 0.05) is 24.3 Å². The van der Waals surface area contributed by atoms with Crippen LogP contribution in [-0.4, -0.2) is 48.4 Å². The molecule has 0 saturated carbocycles. The van der Waals surface area contributed by atoms with E-state index in [-0.39, 0.29) is 32.7 Å². The van der Waals surface area contributed by atoms with Gasteiger partial charge in [-0.15, -0.1) is 11.3 Å². The van der Waals surface area contributed by atoms with Crippen LogP contribution in [0.2, 0.25) is 0 Å². The second kappa shape index (κ2) is 11.0. The molecule has 9 heteroatoms. The van der Waals surface area contributed by atoms with Gasteiger partial charge in [0.1, 0.15) is 0 Å². The maximum Gasteiger partial charge on any atom is 0.346 e. The molecule has 1 aromatic rings. The Bertz CT molecular complexity index is 660. The zero-order valence-corrected chi connectivity index (χ0v) is 16.8. The Morgan fingerprint density at radius 3 is 2.52 bits per heavy atom. The minimum absolute atomic E-state index is 0.0709. The summed E-state index contributed by atoms with van der Waals surface area (Å²) in [5.74, 6) is -1.83. The molecule has 0 fully saturated rings. The summed E-state index contributed by atoms with van der Waals surface area (Å²) >= 11 is 1.28. The van der Waals surface area contributed by atoms with E-state index >= 15 is 0 Å². The third-order valence-corrected chi connectivity index (χ3v) is 5.11. The first-order chi connectivity index (χ1) is 12.8. The molecule has 8 nitrogen and oxygen atoms in total. The number of carbonyl (C=O) groups excluding carboxylic acids is 3. The van der Waals surface area contributed by atoms with Crippen molar-refractivity contribution in [2.45, 2.75) is 52.1 Å². The van der Waals surface area contributed by atoms with E-state index in [2.05, 4.69) is 5.32 Å². The topological polar surface area (TPSA) is 128 Å². The summed E-state index contributed by atoms with van der Waals surface area (Å²) in [6.07, 6.45) is 0.993. The average Bonchev–Trinajstić information content (AvgIpc) is 2.99. The van der Waals surface area contributed by atoms with Gasteiger partial charge in [-0.2, -0.15) is 0 Å². The van der Waals surface area contributed by atoms with E-state index in [1.165, 1.54) is 11.3 Å². The lowest BCUT2D eigenvalue weighted by Crippen LogP contribution is -2.62. The van der Waals surface area contributed by atoms with E-state index in [4.69, 9.17) is 20.3 Å². The number of aryl methyl sites for hydroxylation is 2. The van der Waals surface area contributed by atoms with Crippen LogP contribution >= 0.6 is 11.3 Å². The summed E-state index contributed by atoms with van der Waals surface area (Å²) in [6, 6.07) is 1.71. The zero-order valence-electron chi connectivity index (χ0n) is 16.0. The van der Waals surface area contributed by atoms with Gasteiger partial charge in [-0.25, -0.2) is 4.79 Å². The molecule has 1 aromatic heterocycles. The van der Waals surface area contributed by atoms with Crippen LogP contribution < -0.4 is 11.1 Å². The fourth-order valence-electron chi connectivity index (χ4n) is 2.39. The van der Waals surface area contributed by atoms with Crippen molar-refractivity contribution in [2.24, 2.45) is 5.73 Å². The number of nitrogens with two attached hydrogens (primary N) is 1. The molecule has 1 heterocycles. The van der Waals surface area contributed by atoms with Crippen LogP contribution in [0.5, 0.6) is 0 Å². The van der Waals surface area contributed by atoms with Crippen LogP contribution in [-0.2, 0) is 25.5 Å². The van der Waals surface area contributed by atoms with Crippen molar-refractivity contribution in [1.29, 1.82) is 0 Å². The molecule has 4 N–H and O–H groups in total. The monoisotopic (exact) mass is 400 g/mol. The van der Waals surface area contributed by atoms with E-state index in [0.29, 0.717) is 17.7 Å². The minimum atomic E-state index is -1.83. The van der Waals surface area contributed by atoms with Gasteiger partial charge in [-0.05, 0) is 45.2 Å². The number of rotatable bonds is 11. The van der Waals surface area contributed by atoms with Crippen molar-refractivity contribution in [1.82, 2.24) is 5.32 Å². The molecule has 0 unspecified atom stereocenters. The van der Waals surface area contributed by atoms with Crippen molar-refractivity contribution in [3.05, 3.63) is 21.4 Å². The SMILES string of the molecule is CCOC(=O)CC[C@@](N)(NC(=O)c1cc(C)c(CCCO)s1)C(=O)OCC. The number of amides is 1. The lowest BCUT2D eigenvalue weighted by atomic mass is 10.0. The van der Waals surface area contributed by atoms with Crippen molar-refractivity contribution >= 4 is 29.2 Å². The fourth-order valence-corrected chi connectivity index (χ4v) is 3.50. The van der Waals surface area contributed by atoms with Gasteiger partial charge in [0.15, 0.2) is 5.66 Å². The molecule has 0 bridgehead atoms. The van der Waals surface area contributed by atoms with Gasteiger partial charge in [0.2, 0.25) is 0 Å². The summed E-state index contributed by atoms with van der Waals surface area (Å²) in [6.45, 7) is 5.56. The molecule has 0 radical (unpaired) electrons. The van der Waals surface area contributed by atoms with E-state index in [1.807, 2.05) is 6.92 Å². The Hall–Kier alpha value is -1.97. The first kappa shape index (κ1) is 23.1. The van der Waals surface area contributed by atoms with Gasteiger partial charge in [-0.3, -0.25) is 15.3 Å². The van der Waals surface area contributed by atoms with Crippen molar-refractivity contribution in [3.63, 3.8) is 0 Å². The van der Waals surface area contributed by atoms with Crippen LogP contribution in [0, 0.1) is 6.92 Å². The number of aliphatic hydroxyl groups is 1. The molecule has 152 valence electrons. The Balaban J connectivity index is 2.91. The highest BCUT2D eigenvalue weighted by molar-refractivity contribution is 7.14. The average molecular weight is 400 g/mol. The molecular formula is C18H28N2O6S. The second-order valence-corrected chi connectivity index (χ2v) is 7.13. The lowest BCUT2D eigenvalue weighted by molar-refractivity contribution is -0.152. The number of carbonyl (C=O) groups is 3. The normalized spacial score (nSPS) is 12.9. The molecule has 0 aliphatic rings. The molecular weight excluding hydrogens is 372 g/mol. The summed E-state index contributed by atoms with van der Waals surface area (Å²) < 4.78 is 9.81. The molecule has 27 heavy (non-hydrogen) atoms. The highest BCUT2D eigenvalue weighted by atomic mass is 32.1. The quantitative estimate of drug-likeness (QED) is 0.377. The van der Waals surface area contributed by atoms with Gasteiger partial charge in [-0.1, -0.05) is 0 Å². The van der Waals surface area contributed by atoms with Crippen molar-refractivity contribution < 1.29 is 29.0 Å². The van der Waals surface area contributed by atoms with Gasteiger partial charge in [0.05, 0.1) is 18.1 Å². The summed E-state index contributed by atoms with van der Waals surface area (Å²) in [7, 11) is 0. The first-order valence-corrected chi connectivity index (χ1v) is 9.73. The molecule has 0 saturated heterocycles. The van der Waals surface area contributed by atoms with Crippen LogP contribution in [0.25, 0.3) is 0 Å². The van der Waals surface area contributed by atoms with Crippen LogP contribution in [0.3, 0.4) is 0 Å². The summed E-state index contributed by atoms with van der Waals surface area (Å²) in [5, 5.41) is 11.5. The van der Waals surface area contributed by atoms with Crippen LogP contribution in [0.4, 0.5) is 0 Å². The molecule has 1 atom stereocenters. The number of ether oxygens (including phenoxy) is 2. The van der Waals surface area contributed by atoms with Gasteiger partial charge >= 0.3 is 11.9 Å².